The van der Waals surface area contributed by atoms with Gasteiger partial charge in [0.25, 0.3) is 0 Å². The van der Waals surface area contributed by atoms with E-state index in [2.05, 4.69) is 29.7 Å². The number of nitrogens with one attached hydrogen (secondary N) is 2. The minimum atomic E-state index is -3.07. The Labute approximate surface area is 218 Å². The fourth-order valence-corrected chi connectivity index (χ4v) is 6.24. The summed E-state index contributed by atoms with van der Waals surface area (Å²) in [7, 11) is -3.07. The zero-order valence-electron chi connectivity index (χ0n) is 21.6. The number of hydrogen-bond donors (Lipinski definition) is 3. The molecule has 1 aliphatic carbocycles. The van der Waals surface area contributed by atoms with E-state index in [-0.39, 0.29) is 36.5 Å². The lowest BCUT2D eigenvalue weighted by atomic mass is 9.82. The van der Waals surface area contributed by atoms with Gasteiger partial charge in [-0.05, 0) is 73.3 Å². The molecule has 37 heavy (non-hydrogen) atoms. The van der Waals surface area contributed by atoms with Crippen molar-refractivity contribution >= 4 is 15.7 Å². The van der Waals surface area contributed by atoms with E-state index in [9.17, 15) is 27.1 Å². The second-order valence-corrected chi connectivity index (χ2v) is 12.5. The Balaban J connectivity index is 1.63. The van der Waals surface area contributed by atoms with Crippen LogP contribution < -0.4 is 10.6 Å². The maximum absolute atomic E-state index is 13.8. The lowest BCUT2D eigenvalue weighted by molar-refractivity contribution is -0.127. The largest absolute Gasteiger partial charge is 0.390 e. The van der Waals surface area contributed by atoms with Crippen molar-refractivity contribution in [1.82, 2.24) is 10.6 Å². The van der Waals surface area contributed by atoms with Crippen LogP contribution in [0.5, 0.6) is 0 Å². The standard InChI is InChI=1S/C28H38F2N2O4S/c1-3-19-5-4-6-21(11-19)16-31-17-27(33)26(14-22-12-24(29)15-25(30)13-22)32-28(34)23-9-7-20(8-10-23)18-37(2,35)36/h4-6,11-13,15,20,23,26-27,31,33H,3,7-10,14,16-18H2,1-2H3,(H,32,34)/t20?,23?,26-,27+/m0/s1. The predicted molar refractivity (Wildman–Crippen MR) is 141 cm³/mol. The molecule has 0 heterocycles. The van der Waals surface area contributed by atoms with Crippen molar-refractivity contribution in [3.05, 3.63) is 70.8 Å². The molecular formula is C28H38F2N2O4S. The fourth-order valence-electron chi connectivity index (χ4n) is 5.05. The number of carbonyl (C=O) groups is 1. The molecule has 2 atom stereocenters. The topological polar surface area (TPSA) is 95.5 Å². The van der Waals surface area contributed by atoms with E-state index in [0.29, 0.717) is 37.8 Å². The minimum Gasteiger partial charge on any atom is -0.390 e. The van der Waals surface area contributed by atoms with E-state index in [1.807, 2.05) is 12.1 Å². The number of aliphatic hydroxyl groups is 1. The highest BCUT2D eigenvalue weighted by molar-refractivity contribution is 7.90. The molecule has 0 radical (unpaired) electrons. The number of carbonyl (C=O) groups excluding carboxylic acids is 1. The number of halogens is 2. The molecule has 0 aromatic heterocycles. The van der Waals surface area contributed by atoms with Crippen LogP contribution in [0.2, 0.25) is 0 Å². The Bertz CT molecular complexity index is 1130. The first kappa shape index (κ1) is 29.2. The molecule has 1 fully saturated rings. The molecule has 1 saturated carbocycles. The summed E-state index contributed by atoms with van der Waals surface area (Å²) in [5.41, 5.74) is 2.63. The highest BCUT2D eigenvalue weighted by Gasteiger charge is 2.30. The molecule has 0 spiro atoms. The normalized spacial score (nSPS) is 19.8. The molecule has 2 aromatic carbocycles. The van der Waals surface area contributed by atoms with Crippen LogP contribution in [0.3, 0.4) is 0 Å². The smallest absolute Gasteiger partial charge is 0.223 e. The van der Waals surface area contributed by atoms with Gasteiger partial charge in [-0.15, -0.1) is 0 Å². The van der Waals surface area contributed by atoms with Gasteiger partial charge in [0, 0.05) is 31.3 Å². The molecular weight excluding hydrogens is 498 g/mol. The molecule has 0 unspecified atom stereocenters. The summed E-state index contributed by atoms with van der Waals surface area (Å²) in [5, 5.41) is 17.1. The molecule has 9 heteroatoms. The average molecular weight is 537 g/mol. The number of benzene rings is 2. The third-order valence-electron chi connectivity index (χ3n) is 7.01. The van der Waals surface area contributed by atoms with Gasteiger partial charge in [-0.2, -0.15) is 0 Å². The summed E-state index contributed by atoms with van der Waals surface area (Å²) in [6, 6.07) is 10.6. The second kappa shape index (κ2) is 13.4. The number of rotatable bonds is 12. The van der Waals surface area contributed by atoms with Crippen molar-refractivity contribution in [2.45, 2.75) is 64.1 Å². The van der Waals surface area contributed by atoms with Crippen LogP contribution in [-0.2, 0) is 34.0 Å². The van der Waals surface area contributed by atoms with Gasteiger partial charge in [0.1, 0.15) is 21.5 Å². The van der Waals surface area contributed by atoms with E-state index in [1.54, 1.807) is 0 Å². The Kier molecular flexibility index (Phi) is 10.6. The first-order valence-electron chi connectivity index (χ1n) is 12.9. The lowest BCUT2D eigenvalue weighted by Gasteiger charge is -2.30. The number of aliphatic hydroxyl groups excluding tert-OH is 1. The van der Waals surface area contributed by atoms with Crippen molar-refractivity contribution in [3.8, 4) is 0 Å². The van der Waals surface area contributed by atoms with Gasteiger partial charge in [-0.1, -0.05) is 31.2 Å². The Morgan fingerprint density at radius 3 is 2.30 bits per heavy atom. The molecule has 3 rings (SSSR count). The minimum absolute atomic E-state index is 0.0473. The number of sulfone groups is 1. The lowest BCUT2D eigenvalue weighted by Crippen LogP contribution is -2.50. The van der Waals surface area contributed by atoms with E-state index in [1.165, 1.54) is 24.0 Å². The molecule has 1 amide bonds. The molecule has 0 saturated heterocycles. The van der Waals surface area contributed by atoms with Crippen molar-refractivity contribution in [2.75, 3.05) is 18.6 Å². The van der Waals surface area contributed by atoms with Gasteiger partial charge in [0.15, 0.2) is 0 Å². The summed E-state index contributed by atoms with van der Waals surface area (Å²) >= 11 is 0. The summed E-state index contributed by atoms with van der Waals surface area (Å²) in [4.78, 5) is 13.1. The van der Waals surface area contributed by atoms with Gasteiger partial charge in [-0.3, -0.25) is 4.79 Å². The van der Waals surface area contributed by atoms with E-state index in [0.717, 1.165) is 18.1 Å². The third-order valence-corrected chi connectivity index (χ3v) is 8.09. The predicted octanol–water partition coefficient (Wildman–Crippen LogP) is 3.56. The number of amides is 1. The molecule has 0 bridgehead atoms. The number of aryl methyl sites for hydroxylation is 1. The monoisotopic (exact) mass is 536 g/mol. The summed E-state index contributed by atoms with van der Waals surface area (Å²) in [5.74, 6) is -1.78. The molecule has 0 aliphatic heterocycles. The van der Waals surface area contributed by atoms with Crippen LogP contribution >= 0.6 is 0 Å². The van der Waals surface area contributed by atoms with Gasteiger partial charge in [0.05, 0.1) is 17.9 Å². The molecule has 3 N–H and O–H groups in total. The van der Waals surface area contributed by atoms with Crippen LogP contribution in [0.15, 0.2) is 42.5 Å². The third kappa shape index (κ3) is 9.79. The van der Waals surface area contributed by atoms with Crippen LogP contribution in [0.1, 0.15) is 49.3 Å². The highest BCUT2D eigenvalue weighted by Crippen LogP contribution is 2.30. The van der Waals surface area contributed by atoms with Crippen LogP contribution in [0, 0.1) is 23.5 Å². The summed E-state index contributed by atoms with van der Waals surface area (Å²) in [6.45, 7) is 2.79. The first-order chi connectivity index (χ1) is 17.5. The van der Waals surface area contributed by atoms with E-state index < -0.39 is 33.6 Å². The van der Waals surface area contributed by atoms with Crippen molar-refractivity contribution < 1.29 is 27.1 Å². The maximum Gasteiger partial charge on any atom is 0.223 e. The Hall–Kier alpha value is -2.36. The second-order valence-electron chi connectivity index (χ2n) is 10.3. The Morgan fingerprint density at radius 2 is 1.68 bits per heavy atom. The summed E-state index contributed by atoms with van der Waals surface area (Å²) in [6.07, 6.45) is 3.64. The Morgan fingerprint density at radius 1 is 1.03 bits per heavy atom. The van der Waals surface area contributed by atoms with Gasteiger partial charge in [-0.25, -0.2) is 17.2 Å². The molecule has 1 aliphatic rings. The van der Waals surface area contributed by atoms with Crippen LogP contribution in [0.4, 0.5) is 8.78 Å². The van der Waals surface area contributed by atoms with Crippen LogP contribution in [-0.4, -0.2) is 50.1 Å². The van der Waals surface area contributed by atoms with Gasteiger partial charge >= 0.3 is 0 Å². The molecule has 6 nitrogen and oxygen atoms in total. The van der Waals surface area contributed by atoms with E-state index >= 15 is 0 Å². The average Bonchev–Trinajstić information content (AvgIpc) is 2.82. The zero-order valence-corrected chi connectivity index (χ0v) is 22.4. The van der Waals surface area contributed by atoms with Gasteiger partial charge in [0.2, 0.25) is 5.91 Å². The SMILES string of the molecule is CCc1cccc(CNC[C@@H](O)[C@H](Cc2cc(F)cc(F)c2)NC(=O)C2CCC(CS(C)(=O)=O)CC2)c1. The first-order valence-corrected chi connectivity index (χ1v) is 15.0. The zero-order chi connectivity index (χ0) is 27.0. The molecule has 2 aromatic rings. The van der Waals surface area contributed by atoms with Crippen molar-refractivity contribution in [2.24, 2.45) is 11.8 Å². The quantitative estimate of drug-likeness (QED) is 0.386. The molecule has 204 valence electrons. The fraction of sp³-hybridized carbons (Fsp3) is 0.536. The highest BCUT2D eigenvalue weighted by atomic mass is 32.2. The van der Waals surface area contributed by atoms with Crippen molar-refractivity contribution in [1.29, 1.82) is 0 Å². The number of hydrogen-bond acceptors (Lipinski definition) is 5. The van der Waals surface area contributed by atoms with Crippen molar-refractivity contribution in [3.63, 3.8) is 0 Å². The summed E-state index contributed by atoms with van der Waals surface area (Å²) < 4.78 is 50.8. The maximum atomic E-state index is 13.8. The van der Waals surface area contributed by atoms with E-state index in [4.69, 9.17) is 0 Å². The van der Waals surface area contributed by atoms with Gasteiger partial charge < -0.3 is 15.7 Å². The van der Waals surface area contributed by atoms with Crippen LogP contribution in [0.25, 0.3) is 0 Å².